The van der Waals surface area contributed by atoms with Crippen LogP contribution in [0, 0.1) is 0 Å². The molecule has 2 saturated heterocycles. The van der Waals surface area contributed by atoms with E-state index in [2.05, 4.69) is 4.90 Å². The molecule has 4 nitrogen and oxygen atoms in total. The van der Waals surface area contributed by atoms with Crippen molar-refractivity contribution in [2.24, 2.45) is 0 Å². The number of ether oxygens (including phenoxy) is 3. The summed E-state index contributed by atoms with van der Waals surface area (Å²) in [6.45, 7) is 5.32. The second-order valence-corrected chi connectivity index (χ2v) is 3.63. The largest absolute Gasteiger partial charge is 0.382 e. The highest BCUT2D eigenvalue weighted by atomic mass is 16.5. The zero-order valence-electron chi connectivity index (χ0n) is 8.07. The van der Waals surface area contributed by atoms with E-state index in [-0.39, 0.29) is 6.10 Å². The average Bonchev–Trinajstić information content (AvgIpc) is 2.02. The Morgan fingerprint density at radius 3 is 2.92 bits per heavy atom. The van der Waals surface area contributed by atoms with Crippen LogP contribution < -0.4 is 0 Å². The summed E-state index contributed by atoms with van der Waals surface area (Å²) < 4.78 is 15.8. The first kappa shape index (κ1) is 9.40. The Labute approximate surface area is 78.7 Å². The van der Waals surface area contributed by atoms with Crippen molar-refractivity contribution in [1.29, 1.82) is 0 Å². The maximum absolute atomic E-state index is 5.56. The van der Waals surface area contributed by atoms with Crippen molar-refractivity contribution in [2.75, 3.05) is 46.6 Å². The molecule has 0 amide bonds. The summed E-state index contributed by atoms with van der Waals surface area (Å²) >= 11 is 0. The molecular weight excluding hydrogens is 170 g/mol. The van der Waals surface area contributed by atoms with E-state index in [0.29, 0.717) is 12.6 Å². The Bertz CT molecular complexity index is 159. The standard InChI is InChI=1S/C9H17NO3/c1-11-7-9-4-10(2-3-13-9)8-5-12-6-8/h8-9H,2-7H2,1H3. The highest BCUT2D eigenvalue weighted by Crippen LogP contribution is 2.14. The molecule has 0 radical (unpaired) electrons. The molecule has 2 heterocycles. The minimum atomic E-state index is 0.249. The van der Waals surface area contributed by atoms with Crippen molar-refractivity contribution >= 4 is 0 Å². The Kier molecular flexibility index (Phi) is 3.16. The van der Waals surface area contributed by atoms with Gasteiger partial charge in [-0.1, -0.05) is 0 Å². The third-order valence-corrected chi connectivity index (χ3v) is 2.66. The lowest BCUT2D eigenvalue weighted by molar-refractivity contribution is -0.124. The van der Waals surface area contributed by atoms with E-state index < -0.39 is 0 Å². The van der Waals surface area contributed by atoms with E-state index in [1.54, 1.807) is 7.11 Å². The van der Waals surface area contributed by atoms with Gasteiger partial charge in [-0.05, 0) is 0 Å². The van der Waals surface area contributed by atoms with Gasteiger partial charge in [0.1, 0.15) is 0 Å². The Morgan fingerprint density at radius 2 is 2.31 bits per heavy atom. The van der Waals surface area contributed by atoms with Gasteiger partial charge < -0.3 is 14.2 Å². The van der Waals surface area contributed by atoms with E-state index in [1.165, 1.54) is 0 Å². The van der Waals surface area contributed by atoms with Gasteiger partial charge in [0.25, 0.3) is 0 Å². The lowest BCUT2D eigenvalue weighted by Crippen LogP contribution is -2.56. The van der Waals surface area contributed by atoms with Crippen LogP contribution in [0.3, 0.4) is 0 Å². The van der Waals surface area contributed by atoms with Crippen molar-refractivity contribution in [2.45, 2.75) is 12.1 Å². The van der Waals surface area contributed by atoms with Crippen LogP contribution in [-0.4, -0.2) is 63.7 Å². The summed E-state index contributed by atoms with van der Waals surface area (Å²) in [5, 5.41) is 0. The minimum absolute atomic E-state index is 0.249. The van der Waals surface area contributed by atoms with Crippen LogP contribution in [-0.2, 0) is 14.2 Å². The molecule has 0 spiro atoms. The van der Waals surface area contributed by atoms with Gasteiger partial charge in [0.2, 0.25) is 0 Å². The number of rotatable bonds is 3. The van der Waals surface area contributed by atoms with Crippen molar-refractivity contribution < 1.29 is 14.2 Å². The summed E-state index contributed by atoms with van der Waals surface area (Å²) in [6.07, 6.45) is 0.249. The number of methoxy groups -OCH3 is 1. The number of morpholine rings is 1. The number of hydrogen-bond donors (Lipinski definition) is 0. The molecule has 1 atom stereocenters. The van der Waals surface area contributed by atoms with Gasteiger partial charge >= 0.3 is 0 Å². The molecule has 2 aliphatic rings. The van der Waals surface area contributed by atoms with Crippen molar-refractivity contribution in [3.63, 3.8) is 0 Å². The van der Waals surface area contributed by atoms with Crippen LogP contribution in [0.1, 0.15) is 0 Å². The fraction of sp³-hybridized carbons (Fsp3) is 1.00. The molecule has 13 heavy (non-hydrogen) atoms. The highest BCUT2D eigenvalue weighted by molar-refractivity contribution is 4.82. The predicted molar refractivity (Wildman–Crippen MR) is 47.8 cm³/mol. The molecule has 0 aromatic carbocycles. The monoisotopic (exact) mass is 187 g/mol. The summed E-state index contributed by atoms with van der Waals surface area (Å²) in [4.78, 5) is 2.44. The van der Waals surface area contributed by atoms with Crippen LogP contribution in [0.15, 0.2) is 0 Å². The van der Waals surface area contributed by atoms with Crippen molar-refractivity contribution in [3.8, 4) is 0 Å². The third kappa shape index (κ3) is 2.20. The first-order valence-corrected chi connectivity index (χ1v) is 4.82. The Morgan fingerprint density at radius 1 is 1.46 bits per heavy atom. The number of nitrogens with zero attached hydrogens (tertiary/aromatic N) is 1. The van der Waals surface area contributed by atoms with Crippen LogP contribution in [0.25, 0.3) is 0 Å². The lowest BCUT2D eigenvalue weighted by atomic mass is 10.1. The number of hydrogen-bond acceptors (Lipinski definition) is 4. The second-order valence-electron chi connectivity index (χ2n) is 3.63. The third-order valence-electron chi connectivity index (χ3n) is 2.66. The minimum Gasteiger partial charge on any atom is -0.382 e. The molecule has 4 heteroatoms. The molecule has 0 saturated carbocycles. The van der Waals surface area contributed by atoms with Crippen LogP contribution >= 0.6 is 0 Å². The first-order chi connectivity index (χ1) is 6.40. The van der Waals surface area contributed by atoms with Crippen LogP contribution in [0.4, 0.5) is 0 Å². The van der Waals surface area contributed by atoms with Gasteiger partial charge in [-0.15, -0.1) is 0 Å². The Balaban J connectivity index is 1.77. The van der Waals surface area contributed by atoms with Gasteiger partial charge in [-0.2, -0.15) is 0 Å². The fourth-order valence-electron chi connectivity index (χ4n) is 1.79. The maximum atomic E-state index is 5.56. The van der Waals surface area contributed by atoms with E-state index in [9.17, 15) is 0 Å². The van der Waals surface area contributed by atoms with Crippen molar-refractivity contribution in [1.82, 2.24) is 4.90 Å². The first-order valence-electron chi connectivity index (χ1n) is 4.82. The summed E-state index contributed by atoms with van der Waals surface area (Å²) in [7, 11) is 1.72. The molecule has 0 N–H and O–H groups in total. The average molecular weight is 187 g/mol. The molecule has 0 aromatic heterocycles. The van der Waals surface area contributed by atoms with E-state index >= 15 is 0 Å². The second kappa shape index (κ2) is 4.37. The zero-order chi connectivity index (χ0) is 9.10. The Hall–Kier alpha value is -0.160. The van der Waals surface area contributed by atoms with Crippen LogP contribution in [0.5, 0.6) is 0 Å². The topological polar surface area (TPSA) is 30.9 Å². The zero-order valence-corrected chi connectivity index (χ0v) is 8.07. The smallest absolute Gasteiger partial charge is 0.0935 e. The summed E-state index contributed by atoms with van der Waals surface area (Å²) in [6, 6.07) is 0.628. The molecule has 1 unspecified atom stereocenters. The van der Waals surface area contributed by atoms with Crippen LogP contribution in [0.2, 0.25) is 0 Å². The predicted octanol–water partition coefficient (Wildman–Crippen LogP) is -0.268. The van der Waals surface area contributed by atoms with E-state index in [4.69, 9.17) is 14.2 Å². The molecule has 0 aliphatic carbocycles. The molecular formula is C9H17NO3. The van der Waals surface area contributed by atoms with Gasteiger partial charge in [0.15, 0.2) is 0 Å². The van der Waals surface area contributed by atoms with E-state index in [1.807, 2.05) is 0 Å². The quantitative estimate of drug-likeness (QED) is 0.608. The molecule has 2 rings (SSSR count). The van der Waals surface area contributed by atoms with Gasteiger partial charge in [-0.3, -0.25) is 4.90 Å². The SMILES string of the molecule is COCC1CN(C2COC2)CCO1. The van der Waals surface area contributed by atoms with Crippen molar-refractivity contribution in [3.05, 3.63) is 0 Å². The van der Waals surface area contributed by atoms with Gasteiger partial charge in [0.05, 0.1) is 38.6 Å². The summed E-state index contributed by atoms with van der Waals surface area (Å²) in [5.74, 6) is 0. The van der Waals surface area contributed by atoms with Gasteiger partial charge in [-0.25, -0.2) is 0 Å². The fourth-order valence-corrected chi connectivity index (χ4v) is 1.79. The molecule has 0 aromatic rings. The normalized spacial score (nSPS) is 31.6. The molecule has 2 fully saturated rings. The van der Waals surface area contributed by atoms with E-state index in [0.717, 1.165) is 32.9 Å². The lowest BCUT2D eigenvalue weighted by Gasteiger charge is -2.41. The molecule has 0 bridgehead atoms. The molecule has 76 valence electrons. The van der Waals surface area contributed by atoms with Gasteiger partial charge in [0, 0.05) is 20.2 Å². The maximum Gasteiger partial charge on any atom is 0.0935 e. The molecule has 2 aliphatic heterocycles. The summed E-state index contributed by atoms with van der Waals surface area (Å²) in [5.41, 5.74) is 0. The highest BCUT2D eigenvalue weighted by Gasteiger charge is 2.30.